The maximum absolute atomic E-state index is 9.67. The van der Waals surface area contributed by atoms with E-state index in [-0.39, 0.29) is 0 Å². The molecule has 1 unspecified atom stereocenters. The molecule has 2 nitrogen and oxygen atoms in total. The first-order chi connectivity index (χ1) is 5.48. The SMILES string of the molecule is CCC(C)(O)CCCCN(C)C. The second-order valence-corrected chi connectivity index (χ2v) is 4.11. The summed E-state index contributed by atoms with van der Waals surface area (Å²) in [6, 6.07) is 0. The van der Waals surface area contributed by atoms with Gasteiger partial charge in [0.1, 0.15) is 0 Å². The highest BCUT2D eigenvalue weighted by Gasteiger charge is 2.15. The second-order valence-electron chi connectivity index (χ2n) is 4.11. The normalized spacial score (nSPS) is 16.5. The van der Waals surface area contributed by atoms with Crippen molar-refractivity contribution in [2.45, 2.75) is 45.1 Å². The van der Waals surface area contributed by atoms with Gasteiger partial charge in [-0.1, -0.05) is 6.92 Å². The summed E-state index contributed by atoms with van der Waals surface area (Å²) in [5.41, 5.74) is -0.438. The Labute approximate surface area is 76.6 Å². The molecule has 2 heteroatoms. The third kappa shape index (κ3) is 6.62. The molecule has 1 N–H and O–H groups in total. The van der Waals surface area contributed by atoms with Crippen LogP contribution in [-0.2, 0) is 0 Å². The Kier molecular flexibility index (Phi) is 5.51. The molecule has 0 spiro atoms. The molecule has 0 aromatic heterocycles. The van der Waals surface area contributed by atoms with Crippen molar-refractivity contribution in [3.63, 3.8) is 0 Å². The van der Waals surface area contributed by atoms with Gasteiger partial charge in [0, 0.05) is 0 Å². The fourth-order valence-electron chi connectivity index (χ4n) is 1.11. The van der Waals surface area contributed by atoms with Gasteiger partial charge in [-0.25, -0.2) is 0 Å². The van der Waals surface area contributed by atoms with Gasteiger partial charge in [0.2, 0.25) is 0 Å². The van der Waals surface area contributed by atoms with Gasteiger partial charge in [-0.2, -0.15) is 0 Å². The second kappa shape index (κ2) is 5.55. The summed E-state index contributed by atoms with van der Waals surface area (Å²) in [7, 11) is 4.16. The summed E-state index contributed by atoms with van der Waals surface area (Å²) in [6.45, 7) is 5.08. The smallest absolute Gasteiger partial charge is 0.0617 e. The van der Waals surface area contributed by atoms with E-state index in [2.05, 4.69) is 19.0 Å². The van der Waals surface area contributed by atoms with E-state index >= 15 is 0 Å². The van der Waals surface area contributed by atoms with Crippen molar-refractivity contribution in [2.75, 3.05) is 20.6 Å². The Bertz CT molecular complexity index is 110. The van der Waals surface area contributed by atoms with Gasteiger partial charge < -0.3 is 10.0 Å². The van der Waals surface area contributed by atoms with Crippen LogP contribution in [-0.4, -0.2) is 36.2 Å². The van der Waals surface area contributed by atoms with E-state index in [9.17, 15) is 5.11 Å². The van der Waals surface area contributed by atoms with E-state index in [1.807, 2.05) is 13.8 Å². The average Bonchev–Trinajstić information content (AvgIpc) is 1.98. The van der Waals surface area contributed by atoms with Crippen molar-refractivity contribution in [3.05, 3.63) is 0 Å². The van der Waals surface area contributed by atoms with Crippen LogP contribution in [0.5, 0.6) is 0 Å². The van der Waals surface area contributed by atoms with Crippen molar-refractivity contribution in [1.82, 2.24) is 4.90 Å². The van der Waals surface area contributed by atoms with E-state index in [1.54, 1.807) is 0 Å². The van der Waals surface area contributed by atoms with E-state index < -0.39 is 5.60 Å². The number of hydrogen-bond donors (Lipinski definition) is 1. The van der Waals surface area contributed by atoms with E-state index in [1.165, 1.54) is 6.42 Å². The minimum absolute atomic E-state index is 0.438. The minimum atomic E-state index is -0.438. The Morgan fingerprint density at radius 2 is 1.83 bits per heavy atom. The number of unbranched alkanes of at least 4 members (excludes halogenated alkanes) is 1. The maximum atomic E-state index is 9.67. The summed E-state index contributed by atoms with van der Waals surface area (Å²) in [5, 5.41) is 9.67. The molecular formula is C10H23NO. The van der Waals surface area contributed by atoms with Gasteiger partial charge in [0.05, 0.1) is 5.60 Å². The zero-order valence-electron chi connectivity index (χ0n) is 8.93. The summed E-state index contributed by atoms with van der Waals surface area (Å²) >= 11 is 0. The molecular weight excluding hydrogens is 150 g/mol. The predicted octanol–water partition coefficient (Wildman–Crippen LogP) is 1.88. The lowest BCUT2D eigenvalue weighted by Crippen LogP contribution is -2.23. The molecule has 0 bridgehead atoms. The zero-order valence-corrected chi connectivity index (χ0v) is 8.93. The molecule has 1 atom stereocenters. The molecule has 0 amide bonds. The van der Waals surface area contributed by atoms with Crippen LogP contribution in [0.15, 0.2) is 0 Å². The number of hydrogen-bond acceptors (Lipinski definition) is 2. The van der Waals surface area contributed by atoms with Gasteiger partial charge >= 0.3 is 0 Å². The van der Waals surface area contributed by atoms with E-state index in [0.29, 0.717) is 0 Å². The van der Waals surface area contributed by atoms with Crippen LogP contribution < -0.4 is 0 Å². The van der Waals surface area contributed by atoms with E-state index in [4.69, 9.17) is 0 Å². The van der Waals surface area contributed by atoms with Gasteiger partial charge in [-0.15, -0.1) is 0 Å². The Morgan fingerprint density at radius 1 is 1.25 bits per heavy atom. The summed E-state index contributed by atoms with van der Waals surface area (Å²) in [5.74, 6) is 0. The molecule has 0 rings (SSSR count). The molecule has 0 aromatic carbocycles. The molecule has 0 heterocycles. The van der Waals surface area contributed by atoms with Crippen molar-refractivity contribution < 1.29 is 5.11 Å². The maximum Gasteiger partial charge on any atom is 0.0617 e. The first kappa shape index (κ1) is 11.9. The molecule has 0 fully saturated rings. The number of nitrogens with zero attached hydrogens (tertiary/aromatic N) is 1. The fraction of sp³-hybridized carbons (Fsp3) is 1.00. The Morgan fingerprint density at radius 3 is 2.25 bits per heavy atom. The lowest BCUT2D eigenvalue weighted by molar-refractivity contribution is 0.0439. The van der Waals surface area contributed by atoms with Gasteiger partial charge in [0.15, 0.2) is 0 Å². The largest absolute Gasteiger partial charge is 0.390 e. The van der Waals surface area contributed by atoms with Crippen molar-refractivity contribution in [3.8, 4) is 0 Å². The van der Waals surface area contributed by atoms with Crippen LogP contribution in [0.3, 0.4) is 0 Å². The first-order valence-corrected chi connectivity index (χ1v) is 4.85. The van der Waals surface area contributed by atoms with Gasteiger partial charge in [-0.3, -0.25) is 0 Å². The zero-order chi connectivity index (χ0) is 9.61. The molecule has 0 saturated heterocycles. The summed E-state index contributed by atoms with van der Waals surface area (Å²) in [6.07, 6.45) is 4.09. The first-order valence-electron chi connectivity index (χ1n) is 4.85. The highest BCUT2D eigenvalue weighted by molar-refractivity contribution is 4.69. The highest BCUT2D eigenvalue weighted by Crippen LogP contribution is 2.16. The molecule has 0 saturated carbocycles. The number of rotatable bonds is 6. The lowest BCUT2D eigenvalue weighted by Gasteiger charge is -2.21. The predicted molar refractivity (Wildman–Crippen MR) is 53.3 cm³/mol. The lowest BCUT2D eigenvalue weighted by atomic mass is 9.96. The Hall–Kier alpha value is -0.0800. The van der Waals surface area contributed by atoms with Crippen molar-refractivity contribution in [2.24, 2.45) is 0 Å². The Balaban J connectivity index is 3.31. The average molecular weight is 173 g/mol. The van der Waals surface area contributed by atoms with Crippen molar-refractivity contribution >= 4 is 0 Å². The molecule has 0 aliphatic rings. The van der Waals surface area contributed by atoms with Crippen LogP contribution in [0.1, 0.15) is 39.5 Å². The fourth-order valence-corrected chi connectivity index (χ4v) is 1.11. The minimum Gasteiger partial charge on any atom is -0.390 e. The number of aliphatic hydroxyl groups is 1. The third-order valence-electron chi connectivity index (χ3n) is 2.33. The molecule has 0 aliphatic carbocycles. The molecule has 0 radical (unpaired) electrons. The standard InChI is InChI=1S/C10H23NO/c1-5-10(2,12)8-6-7-9-11(3)4/h12H,5-9H2,1-4H3. The molecule has 12 heavy (non-hydrogen) atoms. The molecule has 0 aliphatic heterocycles. The summed E-state index contributed by atoms with van der Waals surface area (Å²) < 4.78 is 0. The monoisotopic (exact) mass is 173 g/mol. The van der Waals surface area contributed by atoms with Crippen LogP contribution in [0, 0.1) is 0 Å². The quantitative estimate of drug-likeness (QED) is 0.620. The van der Waals surface area contributed by atoms with Crippen LogP contribution in [0.4, 0.5) is 0 Å². The van der Waals surface area contributed by atoms with Gasteiger partial charge in [-0.05, 0) is 53.2 Å². The van der Waals surface area contributed by atoms with Crippen LogP contribution in [0.2, 0.25) is 0 Å². The van der Waals surface area contributed by atoms with Crippen molar-refractivity contribution in [1.29, 1.82) is 0 Å². The topological polar surface area (TPSA) is 23.5 Å². The van der Waals surface area contributed by atoms with E-state index in [0.717, 1.165) is 25.8 Å². The summed E-state index contributed by atoms with van der Waals surface area (Å²) in [4.78, 5) is 2.18. The molecule has 74 valence electrons. The van der Waals surface area contributed by atoms with Crippen LogP contribution >= 0.6 is 0 Å². The third-order valence-corrected chi connectivity index (χ3v) is 2.33. The highest BCUT2D eigenvalue weighted by atomic mass is 16.3. The molecule has 0 aromatic rings. The van der Waals surface area contributed by atoms with Gasteiger partial charge in [0.25, 0.3) is 0 Å². The van der Waals surface area contributed by atoms with Crippen LogP contribution in [0.25, 0.3) is 0 Å².